The lowest BCUT2D eigenvalue weighted by Gasteiger charge is -2.35. The molecule has 1 saturated heterocycles. The van der Waals surface area contributed by atoms with Gasteiger partial charge >= 0.3 is 0 Å². The predicted molar refractivity (Wildman–Crippen MR) is 98.1 cm³/mol. The number of nitrogens with zero attached hydrogens (tertiary/aromatic N) is 1. The molecule has 1 aliphatic heterocycles. The maximum absolute atomic E-state index is 12.4. The largest absolute Gasteiger partial charge is 0.339 e. The molecule has 0 saturated carbocycles. The summed E-state index contributed by atoms with van der Waals surface area (Å²) in [6, 6.07) is 7.19. The van der Waals surface area contributed by atoms with E-state index in [0.29, 0.717) is 12.2 Å². The van der Waals surface area contributed by atoms with E-state index in [4.69, 9.17) is 0 Å². The first-order valence-corrected chi connectivity index (χ1v) is 10.5. The number of aryl methyl sites for hydroxylation is 1. The molecule has 0 radical (unpaired) electrons. The zero-order chi connectivity index (χ0) is 18.4. The van der Waals surface area contributed by atoms with Gasteiger partial charge in [-0.15, -0.1) is 0 Å². The number of benzene rings is 1. The Morgan fingerprint density at radius 2 is 1.84 bits per heavy atom. The summed E-state index contributed by atoms with van der Waals surface area (Å²) < 4.78 is 24.5. The fourth-order valence-electron chi connectivity index (χ4n) is 3.11. The van der Waals surface area contributed by atoms with E-state index in [-0.39, 0.29) is 6.04 Å². The van der Waals surface area contributed by atoms with Gasteiger partial charge in [0.25, 0.3) is 0 Å². The SMILES string of the molecule is CCC1CCCCN1C(=O)CS(=O)(=O)CC(=O)Nc1ccc(C)cc1. The quantitative estimate of drug-likeness (QED) is 0.836. The van der Waals surface area contributed by atoms with Crippen molar-refractivity contribution in [3.63, 3.8) is 0 Å². The predicted octanol–water partition coefficient (Wildman–Crippen LogP) is 2.14. The number of carbonyl (C=O) groups excluding carboxylic acids is 2. The minimum atomic E-state index is -3.79. The number of anilines is 1. The van der Waals surface area contributed by atoms with Crippen LogP contribution in [0.25, 0.3) is 0 Å². The Morgan fingerprint density at radius 1 is 1.16 bits per heavy atom. The molecular weight excluding hydrogens is 340 g/mol. The highest BCUT2D eigenvalue weighted by molar-refractivity contribution is 7.92. The van der Waals surface area contributed by atoms with Crippen LogP contribution in [0, 0.1) is 6.92 Å². The molecule has 7 heteroatoms. The van der Waals surface area contributed by atoms with Crippen molar-refractivity contribution in [2.45, 2.75) is 45.6 Å². The van der Waals surface area contributed by atoms with Crippen molar-refractivity contribution in [2.75, 3.05) is 23.4 Å². The topological polar surface area (TPSA) is 83.6 Å². The van der Waals surface area contributed by atoms with Gasteiger partial charge in [0.15, 0.2) is 9.84 Å². The van der Waals surface area contributed by atoms with Crippen LogP contribution in [0.1, 0.15) is 38.2 Å². The van der Waals surface area contributed by atoms with Gasteiger partial charge < -0.3 is 10.2 Å². The Bertz CT molecular complexity index is 713. The second-order valence-corrected chi connectivity index (χ2v) is 8.66. The van der Waals surface area contributed by atoms with Gasteiger partial charge in [0, 0.05) is 18.3 Å². The second-order valence-electron chi connectivity index (χ2n) is 6.59. The van der Waals surface area contributed by atoms with E-state index in [2.05, 4.69) is 5.32 Å². The number of hydrogen-bond donors (Lipinski definition) is 1. The molecule has 1 atom stereocenters. The van der Waals surface area contributed by atoms with Gasteiger partial charge in [0.05, 0.1) is 0 Å². The van der Waals surface area contributed by atoms with Crippen LogP contribution in [-0.2, 0) is 19.4 Å². The number of rotatable bonds is 6. The molecule has 2 rings (SSSR count). The molecule has 0 spiro atoms. The molecule has 0 aromatic heterocycles. The molecule has 0 bridgehead atoms. The average molecular weight is 366 g/mol. The number of sulfone groups is 1. The number of amides is 2. The van der Waals surface area contributed by atoms with Crippen LogP contribution in [0.2, 0.25) is 0 Å². The smallest absolute Gasteiger partial charge is 0.239 e. The van der Waals surface area contributed by atoms with Crippen molar-refractivity contribution < 1.29 is 18.0 Å². The maximum Gasteiger partial charge on any atom is 0.239 e. The van der Waals surface area contributed by atoms with E-state index in [0.717, 1.165) is 31.2 Å². The van der Waals surface area contributed by atoms with E-state index in [9.17, 15) is 18.0 Å². The van der Waals surface area contributed by atoms with E-state index in [1.165, 1.54) is 0 Å². The third-order valence-corrected chi connectivity index (χ3v) is 5.84. The number of hydrogen-bond acceptors (Lipinski definition) is 4. The third kappa shape index (κ3) is 5.85. The molecule has 1 aliphatic rings. The van der Waals surface area contributed by atoms with Crippen molar-refractivity contribution in [2.24, 2.45) is 0 Å². The van der Waals surface area contributed by atoms with Gasteiger partial charge in [-0.25, -0.2) is 8.42 Å². The monoisotopic (exact) mass is 366 g/mol. The molecule has 0 aliphatic carbocycles. The van der Waals surface area contributed by atoms with Gasteiger partial charge in [-0.2, -0.15) is 0 Å². The highest BCUT2D eigenvalue weighted by Gasteiger charge is 2.29. The highest BCUT2D eigenvalue weighted by Crippen LogP contribution is 2.20. The normalized spacial score (nSPS) is 18.0. The molecule has 6 nitrogen and oxygen atoms in total. The Morgan fingerprint density at radius 3 is 2.48 bits per heavy atom. The molecule has 1 fully saturated rings. The lowest BCUT2D eigenvalue weighted by Crippen LogP contribution is -2.46. The molecule has 2 amide bonds. The van der Waals surface area contributed by atoms with E-state index in [1.807, 2.05) is 26.0 Å². The Balaban J connectivity index is 1.92. The zero-order valence-corrected chi connectivity index (χ0v) is 15.6. The van der Waals surface area contributed by atoms with Gasteiger partial charge in [-0.3, -0.25) is 9.59 Å². The first kappa shape index (κ1) is 19.4. The summed E-state index contributed by atoms with van der Waals surface area (Å²) in [6.45, 7) is 4.52. The maximum atomic E-state index is 12.4. The van der Waals surface area contributed by atoms with Crippen LogP contribution in [0.15, 0.2) is 24.3 Å². The van der Waals surface area contributed by atoms with E-state index < -0.39 is 33.2 Å². The molecule has 1 heterocycles. The average Bonchev–Trinajstić information content (AvgIpc) is 2.55. The summed E-state index contributed by atoms with van der Waals surface area (Å²) in [4.78, 5) is 26.0. The molecule has 25 heavy (non-hydrogen) atoms. The number of carbonyl (C=O) groups is 2. The Kier molecular flexibility index (Phi) is 6.58. The lowest BCUT2D eigenvalue weighted by molar-refractivity contribution is -0.132. The minimum Gasteiger partial charge on any atom is -0.339 e. The molecule has 1 N–H and O–H groups in total. The third-order valence-electron chi connectivity index (χ3n) is 4.45. The molecule has 1 aromatic rings. The number of piperidine rings is 1. The van der Waals surface area contributed by atoms with Crippen LogP contribution in [0.5, 0.6) is 0 Å². The number of likely N-dealkylation sites (tertiary alicyclic amines) is 1. The lowest BCUT2D eigenvalue weighted by atomic mass is 10.0. The summed E-state index contributed by atoms with van der Waals surface area (Å²) in [7, 11) is -3.79. The van der Waals surface area contributed by atoms with Gasteiger partial charge in [0.2, 0.25) is 11.8 Å². The summed E-state index contributed by atoms with van der Waals surface area (Å²) in [5.41, 5.74) is 1.59. The van der Waals surface area contributed by atoms with E-state index >= 15 is 0 Å². The van der Waals surface area contributed by atoms with Crippen LogP contribution in [0.3, 0.4) is 0 Å². The first-order chi connectivity index (χ1) is 11.8. The van der Waals surface area contributed by atoms with Crippen molar-refractivity contribution >= 4 is 27.3 Å². The fourth-order valence-corrected chi connectivity index (χ4v) is 4.22. The second kappa shape index (κ2) is 8.47. The van der Waals surface area contributed by atoms with Gasteiger partial charge in [0.1, 0.15) is 11.5 Å². The summed E-state index contributed by atoms with van der Waals surface area (Å²) >= 11 is 0. The standard InChI is InChI=1S/C18H26N2O4S/c1-3-16-6-4-5-11-20(16)18(22)13-25(23,24)12-17(21)19-15-9-7-14(2)8-10-15/h7-10,16H,3-6,11-13H2,1-2H3,(H,19,21). The van der Waals surface area contributed by atoms with Crippen molar-refractivity contribution in [1.29, 1.82) is 0 Å². The summed E-state index contributed by atoms with van der Waals surface area (Å²) in [5.74, 6) is -2.31. The first-order valence-electron chi connectivity index (χ1n) is 8.67. The zero-order valence-electron chi connectivity index (χ0n) is 14.8. The Hall–Kier alpha value is -1.89. The van der Waals surface area contributed by atoms with Crippen LogP contribution >= 0.6 is 0 Å². The van der Waals surface area contributed by atoms with Crippen molar-refractivity contribution in [3.05, 3.63) is 29.8 Å². The molecule has 138 valence electrons. The molecule has 1 unspecified atom stereocenters. The summed E-state index contributed by atoms with van der Waals surface area (Å²) in [5, 5.41) is 2.55. The van der Waals surface area contributed by atoms with E-state index in [1.54, 1.807) is 17.0 Å². The van der Waals surface area contributed by atoms with Gasteiger partial charge in [-0.05, 0) is 44.7 Å². The number of nitrogens with one attached hydrogen (secondary N) is 1. The fraction of sp³-hybridized carbons (Fsp3) is 0.556. The van der Waals surface area contributed by atoms with Crippen LogP contribution < -0.4 is 5.32 Å². The molecule has 1 aromatic carbocycles. The van der Waals surface area contributed by atoms with Crippen molar-refractivity contribution in [1.82, 2.24) is 4.90 Å². The Labute approximate surface area is 149 Å². The van der Waals surface area contributed by atoms with Crippen molar-refractivity contribution in [3.8, 4) is 0 Å². The molecular formula is C18H26N2O4S. The van der Waals surface area contributed by atoms with Crippen LogP contribution in [0.4, 0.5) is 5.69 Å². The summed E-state index contributed by atoms with van der Waals surface area (Å²) in [6.07, 6.45) is 3.69. The van der Waals surface area contributed by atoms with Crippen LogP contribution in [-0.4, -0.2) is 49.2 Å². The van der Waals surface area contributed by atoms with Gasteiger partial charge in [-0.1, -0.05) is 24.6 Å². The highest BCUT2D eigenvalue weighted by atomic mass is 32.2. The minimum absolute atomic E-state index is 0.109.